The van der Waals surface area contributed by atoms with Crippen LogP contribution in [0.1, 0.15) is 30.7 Å². The molecule has 1 aromatic carbocycles. The van der Waals surface area contributed by atoms with E-state index in [1.165, 1.54) is 29.0 Å². The molecule has 0 amide bonds. The Labute approximate surface area is 99.5 Å². The van der Waals surface area contributed by atoms with Gasteiger partial charge < -0.3 is 5.73 Å². The molecule has 1 aliphatic carbocycles. The second-order valence-corrected chi connectivity index (χ2v) is 5.91. The summed E-state index contributed by atoms with van der Waals surface area (Å²) in [7, 11) is 0. The van der Waals surface area contributed by atoms with Gasteiger partial charge in [-0.3, -0.25) is 0 Å². The van der Waals surface area contributed by atoms with Gasteiger partial charge in [-0.2, -0.15) is 0 Å². The first-order valence-corrected chi connectivity index (χ1v) is 6.70. The summed E-state index contributed by atoms with van der Waals surface area (Å²) in [5, 5.41) is 1.26. The van der Waals surface area contributed by atoms with Crippen molar-refractivity contribution in [2.75, 3.05) is 0 Å². The van der Waals surface area contributed by atoms with Crippen molar-refractivity contribution < 1.29 is 0 Å². The van der Waals surface area contributed by atoms with Crippen molar-refractivity contribution in [1.82, 2.24) is 4.98 Å². The van der Waals surface area contributed by atoms with Crippen LogP contribution < -0.4 is 5.73 Å². The Morgan fingerprint density at radius 1 is 1.31 bits per heavy atom. The number of hydrogen-bond donors (Lipinski definition) is 1. The van der Waals surface area contributed by atoms with E-state index in [0.29, 0.717) is 0 Å². The number of nitrogens with zero attached hydrogens (tertiary/aromatic N) is 1. The highest BCUT2D eigenvalue weighted by Crippen LogP contribution is 2.37. The number of aryl methyl sites for hydroxylation is 1. The first kappa shape index (κ1) is 10.2. The number of hydrogen-bond acceptors (Lipinski definition) is 3. The minimum absolute atomic E-state index is 0.191. The first-order valence-electron chi connectivity index (χ1n) is 5.89. The number of thiazole rings is 1. The molecule has 84 valence electrons. The Hall–Kier alpha value is -0.930. The van der Waals surface area contributed by atoms with Crippen LogP contribution in [0.25, 0.3) is 10.2 Å². The molecule has 0 radical (unpaired) electrons. The molecule has 1 fully saturated rings. The summed E-state index contributed by atoms with van der Waals surface area (Å²) in [5.41, 5.74) is 7.40. The molecular weight excluding hydrogens is 216 g/mol. The van der Waals surface area contributed by atoms with Crippen LogP contribution in [0.15, 0.2) is 24.3 Å². The van der Waals surface area contributed by atoms with Crippen molar-refractivity contribution in [2.24, 2.45) is 5.73 Å². The maximum absolute atomic E-state index is 6.07. The van der Waals surface area contributed by atoms with Gasteiger partial charge in [0.15, 0.2) is 0 Å². The Kier molecular flexibility index (Phi) is 2.45. The lowest BCUT2D eigenvalue weighted by atomic mass is 10.1. The topological polar surface area (TPSA) is 38.9 Å². The van der Waals surface area contributed by atoms with E-state index in [4.69, 9.17) is 5.73 Å². The SMILES string of the molecule is NC1(CCCc2nc3ccccc3s2)CC1. The van der Waals surface area contributed by atoms with E-state index in [0.717, 1.165) is 18.4 Å². The second kappa shape index (κ2) is 3.82. The van der Waals surface area contributed by atoms with E-state index >= 15 is 0 Å². The Balaban J connectivity index is 1.65. The third-order valence-corrected chi connectivity index (χ3v) is 4.39. The monoisotopic (exact) mass is 232 g/mol. The van der Waals surface area contributed by atoms with Crippen LogP contribution in [-0.2, 0) is 6.42 Å². The largest absolute Gasteiger partial charge is 0.325 e. The number of rotatable bonds is 4. The molecule has 0 atom stereocenters. The maximum atomic E-state index is 6.07. The van der Waals surface area contributed by atoms with Crippen LogP contribution in [0.2, 0.25) is 0 Å². The molecule has 1 saturated carbocycles. The predicted molar refractivity (Wildman–Crippen MR) is 68.7 cm³/mol. The minimum Gasteiger partial charge on any atom is -0.325 e. The van der Waals surface area contributed by atoms with Crippen LogP contribution in [0, 0.1) is 0 Å². The van der Waals surface area contributed by atoms with Gasteiger partial charge in [0.2, 0.25) is 0 Å². The number of aromatic nitrogens is 1. The van der Waals surface area contributed by atoms with Crippen LogP contribution in [0.3, 0.4) is 0 Å². The highest BCUT2D eigenvalue weighted by atomic mass is 32.1. The lowest BCUT2D eigenvalue weighted by molar-refractivity contribution is 0.575. The van der Waals surface area contributed by atoms with Crippen LogP contribution in [0.4, 0.5) is 0 Å². The third-order valence-electron chi connectivity index (χ3n) is 3.30. The van der Waals surface area contributed by atoms with Crippen molar-refractivity contribution in [1.29, 1.82) is 0 Å². The fourth-order valence-corrected chi connectivity index (χ4v) is 3.04. The summed E-state index contributed by atoms with van der Waals surface area (Å²) in [6.07, 6.45) is 5.84. The first-order chi connectivity index (χ1) is 7.75. The number of para-hydroxylation sites is 1. The van der Waals surface area contributed by atoms with Gasteiger partial charge in [0.1, 0.15) is 0 Å². The maximum Gasteiger partial charge on any atom is 0.0938 e. The fourth-order valence-electron chi connectivity index (χ4n) is 2.03. The van der Waals surface area contributed by atoms with Gasteiger partial charge in [-0.05, 0) is 44.2 Å². The zero-order chi connectivity index (χ0) is 11.0. The molecule has 3 heteroatoms. The summed E-state index contributed by atoms with van der Waals surface area (Å²) < 4.78 is 1.30. The van der Waals surface area contributed by atoms with E-state index < -0.39 is 0 Å². The highest BCUT2D eigenvalue weighted by molar-refractivity contribution is 7.18. The van der Waals surface area contributed by atoms with Gasteiger partial charge >= 0.3 is 0 Å². The zero-order valence-corrected chi connectivity index (χ0v) is 10.1. The van der Waals surface area contributed by atoms with Crippen molar-refractivity contribution >= 4 is 21.6 Å². The second-order valence-electron chi connectivity index (χ2n) is 4.79. The summed E-state index contributed by atoms with van der Waals surface area (Å²) in [6, 6.07) is 8.34. The average molecular weight is 232 g/mol. The Bertz CT molecular complexity index is 466. The van der Waals surface area contributed by atoms with Crippen molar-refractivity contribution in [2.45, 2.75) is 37.6 Å². The minimum atomic E-state index is 0.191. The Morgan fingerprint density at radius 3 is 2.88 bits per heavy atom. The molecule has 0 unspecified atom stereocenters. The van der Waals surface area contributed by atoms with E-state index in [-0.39, 0.29) is 5.54 Å². The van der Waals surface area contributed by atoms with E-state index in [1.807, 2.05) is 17.4 Å². The van der Waals surface area contributed by atoms with Crippen LogP contribution >= 0.6 is 11.3 Å². The summed E-state index contributed by atoms with van der Waals surface area (Å²) in [5.74, 6) is 0. The smallest absolute Gasteiger partial charge is 0.0938 e. The number of benzene rings is 1. The standard InChI is InChI=1S/C13H16N2S/c14-13(8-9-13)7-3-6-12-15-10-4-1-2-5-11(10)16-12/h1-2,4-5H,3,6-9,14H2. The molecule has 2 N–H and O–H groups in total. The number of fused-ring (bicyclic) bond motifs is 1. The van der Waals surface area contributed by atoms with Crippen LogP contribution in [0.5, 0.6) is 0 Å². The van der Waals surface area contributed by atoms with E-state index in [1.54, 1.807) is 0 Å². The highest BCUT2D eigenvalue weighted by Gasteiger charge is 2.37. The summed E-state index contributed by atoms with van der Waals surface area (Å²) in [6.45, 7) is 0. The predicted octanol–water partition coefficient (Wildman–Crippen LogP) is 3.11. The molecular formula is C13H16N2S. The normalized spacial score (nSPS) is 17.8. The van der Waals surface area contributed by atoms with Gasteiger partial charge in [0.25, 0.3) is 0 Å². The summed E-state index contributed by atoms with van der Waals surface area (Å²) in [4.78, 5) is 4.63. The van der Waals surface area contributed by atoms with Crippen LogP contribution in [-0.4, -0.2) is 10.5 Å². The van der Waals surface area contributed by atoms with Gasteiger partial charge in [-0.15, -0.1) is 11.3 Å². The molecule has 0 aliphatic heterocycles. The Morgan fingerprint density at radius 2 is 2.12 bits per heavy atom. The quantitative estimate of drug-likeness (QED) is 0.879. The molecule has 2 aromatic rings. The zero-order valence-electron chi connectivity index (χ0n) is 9.28. The van der Waals surface area contributed by atoms with Crippen molar-refractivity contribution in [3.05, 3.63) is 29.3 Å². The molecule has 0 bridgehead atoms. The lowest BCUT2D eigenvalue weighted by Crippen LogP contribution is -2.21. The molecule has 2 nitrogen and oxygen atoms in total. The van der Waals surface area contributed by atoms with Gasteiger partial charge in [-0.1, -0.05) is 12.1 Å². The molecule has 1 heterocycles. The molecule has 3 rings (SSSR count). The molecule has 1 aliphatic rings. The molecule has 0 spiro atoms. The van der Waals surface area contributed by atoms with Gasteiger partial charge in [-0.25, -0.2) is 4.98 Å². The third kappa shape index (κ3) is 2.11. The van der Waals surface area contributed by atoms with Crippen molar-refractivity contribution in [3.63, 3.8) is 0 Å². The van der Waals surface area contributed by atoms with Crippen molar-refractivity contribution in [3.8, 4) is 0 Å². The lowest BCUT2D eigenvalue weighted by Gasteiger charge is -2.05. The average Bonchev–Trinajstić information content (AvgIpc) is 2.87. The van der Waals surface area contributed by atoms with Gasteiger partial charge in [0, 0.05) is 5.54 Å². The molecule has 16 heavy (non-hydrogen) atoms. The van der Waals surface area contributed by atoms with E-state index in [9.17, 15) is 0 Å². The molecule has 0 saturated heterocycles. The fraction of sp³-hybridized carbons (Fsp3) is 0.462. The number of nitrogens with two attached hydrogens (primary N) is 1. The van der Waals surface area contributed by atoms with Gasteiger partial charge in [0.05, 0.1) is 15.2 Å². The summed E-state index contributed by atoms with van der Waals surface area (Å²) >= 11 is 1.82. The van der Waals surface area contributed by atoms with E-state index in [2.05, 4.69) is 23.2 Å². The molecule has 1 aromatic heterocycles.